The predicted molar refractivity (Wildman–Crippen MR) is 94.7 cm³/mol. The Morgan fingerprint density at radius 1 is 1.31 bits per heavy atom. The van der Waals surface area contributed by atoms with Gasteiger partial charge in [0.05, 0.1) is 11.8 Å². The summed E-state index contributed by atoms with van der Waals surface area (Å²) >= 11 is 0. The van der Waals surface area contributed by atoms with E-state index < -0.39 is 34.3 Å². The fourth-order valence-corrected chi connectivity index (χ4v) is 4.60. The first-order chi connectivity index (χ1) is 11.8. The summed E-state index contributed by atoms with van der Waals surface area (Å²) in [4.78, 5) is 0. The van der Waals surface area contributed by atoms with Gasteiger partial charge in [-0.05, 0) is 40.2 Å². The molecule has 1 unspecified atom stereocenters. The number of hydrogen-bond donors (Lipinski definition) is 0. The molecule has 0 radical (unpaired) electrons. The zero-order valence-corrected chi connectivity index (χ0v) is 16.4. The lowest BCUT2D eigenvalue weighted by Gasteiger charge is -2.42. The summed E-state index contributed by atoms with van der Waals surface area (Å²) in [5.74, 6) is 0.432. The van der Waals surface area contributed by atoms with Crippen LogP contribution in [0.15, 0.2) is 18.2 Å². The lowest BCUT2D eigenvalue weighted by molar-refractivity contribution is -0.136. The topological polar surface area (TPSA) is 46.6 Å². The minimum atomic E-state index is -4.30. The summed E-state index contributed by atoms with van der Waals surface area (Å²) in [5.41, 5.74) is 1.05. The molecular weight excluding hydrogens is 367 g/mol. The predicted octanol–water partition coefficient (Wildman–Crippen LogP) is 4.59. The summed E-state index contributed by atoms with van der Waals surface area (Å²) < 4.78 is 70.2. The molecule has 1 aromatic carbocycles. The third-order valence-electron chi connectivity index (χ3n) is 4.50. The molecule has 8 heteroatoms. The molecule has 1 atom stereocenters. The Bertz CT molecular complexity index is 745. The van der Waals surface area contributed by atoms with Crippen LogP contribution in [0.3, 0.4) is 0 Å². The number of aryl methyl sites for hydroxylation is 1. The van der Waals surface area contributed by atoms with Gasteiger partial charge in [-0.15, -0.1) is 0 Å². The molecule has 0 N–H and O–H groups in total. The van der Waals surface area contributed by atoms with E-state index in [2.05, 4.69) is 0 Å². The molecule has 26 heavy (non-hydrogen) atoms. The molecule has 148 valence electrons. The Kier molecular flexibility index (Phi) is 5.97. The van der Waals surface area contributed by atoms with Crippen molar-refractivity contribution >= 4 is 10.0 Å². The highest BCUT2D eigenvalue weighted by Crippen LogP contribution is 2.44. The quantitative estimate of drug-likeness (QED) is 0.710. The molecule has 0 saturated heterocycles. The summed E-state index contributed by atoms with van der Waals surface area (Å²) in [6, 6.07) is 4.99. The van der Waals surface area contributed by atoms with Crippen LogP contribution in [0.2, 0.25) is 0 Å². The van der Waals surface area contributed by atoms with E-state index in [0.717, 1.165) is 5.56 Å². The minimum Gasteiger partial charge on any atom is -0.487 e. The Morgan fingerprint density at radius 2 is 1.96 bits per heavy atom. The van der Waals surface area contributed by atoms with Crippen LogP contribution in [-0.2, 0) is 10.0 Å². The van der Waals surface area contributed by atoms with Crippen molar-refractivity contribution in [3.8, 4) is 5.75 Å². The summed E-state index contributed by atoms with van der Waals surface area (Å²) in [7, 11) is -3.67. The maximum absolute atomic E-state index is 12.7. The molecule has 1 aliphatic heterocycles. The molecule has 1 aliphatic rings. The van der Waals surface area contributed by atoms with Crippen molar-refractivity contribution in [1.29, 1.82) is 0 Å². The van der Waals surface area contributed by atoms with Gasteiger partial charge in [-0.3, -0.25) is 0 Å². The van der Waals surface area contributed by atoms with Crippen molar-refractivity contribution in [1.82, 2.24) is 4.31 Å². The van der Waals surface area contributed by atoms with Gasteiger partial charge >= 0.3 is 6.18 Å². The maximum Gasteiger partial charge on any atom is 0.389 e. The first kappa shape index (κ1) is 21.0. The average molecular weight is 393 g/mol. The number of nitrogens with zero attached hydrogens (tertiary/aromatic N) is 1. The van der Waals surface area contributed by atoms with Gasteiger partial charge in [-0.25, -0.2) is 8.42 Å². The Morgan fingerprint density at radius 3 is 2.54 bits per heavy atom. The van der Waals surface area contributed by atoms with Crippen molar-refractivity contribution < 1.29 is 26.3 Å². The van der Waals surface area contributed by atoms with Crippen LogP contribution < -0.4 is 4.74 Å². The second-order valence-electron chi connectivity index (χ2n) is 7.35. The lowest BCUT2D eigenvalue weighted by atomic mass is 9.89. The van der Waals surface area contributed by atoms with Crippen LogP contribution in [0, 0.1) is 6.92 Å². The first-order valence-corrected chi connectivity index (χ1v) is 10.3. The molecular formula is C18H26F3NO3S. The van der Waals surface area contributed by atoms with E-state index in [4.69, 9.17) is 4.74 Å². The van der Waals surface area contributed by atoms with Crippen LogP contribution in [-0.4, -0.2) is 36.8 Å². The van der Waals surface area contributed by atoms with Gasteiger partial charge in [-0.2, -0.15) is 17.5 Å². The molecule has 1 aromatic rings. The van der Waals surface area contributed by atoms with Crippen LogP contribution >= 0.6 is 0 Å². The monoisotopic (exact) mass is 393 g/mol. The van der Waals surface area contributed by atoms with E-state index in [1.54, 1.807) is 6.07 Å². The highest BCUT2D eigenvalue weighted by atomic mass is 32.2. The number of fused-ring (bicyclic) bond motifs is 1. The van der Waals surface area contributed by atoms with Crippen molar-refractivity contribution in [3.05, 3.63) is 29.3 Å². The number of hydrogen-bond acceptors (Lipinski definition) is 3. The zero-order chi connectivity index (χ0) is 19.8. The number of benzene rings is 1. The van der Waals surface area contributed by atoms with E-state index in [-0.39, 0.29) is 18.7 Å². The molecule has 1 heterocycles. The molecule has 0 fully saturated rings. The normalized spacial score (nSPS) is 19.9. The third-order valence-corrected chi connectivity index (χ3v) is 6.39. The molecule has 0 spiro atoms. The van der Waals surface area contributed by atoms with Crippen molar-refractivity contribution in [2.45, 2.75) is 64.8 Å². The summed E-state index contributed by atoms with van der Waals surface area (Å²) in [6.45, 7) is 6.95. The van der Waals surface area contributed by atoms with Crippen LogP contribution in [0.25, 0.3) is 0 Å². The van der Waals surface area contributed by atoms with Crippen LogP contribution in [0.4, 0.5) is 13.2 Å². The van der Waals surface area contributed by atoms with Crippen LogP contribution in [0.5, 0.6) is 5.75 Å². The van der Waals surface area contributed by atoms with Gasteiger partial charge in [-0.1, -0.05) is 17.7 Å². The molecule has 0 aromatic heterocycles. The second kappa shape index (κ2) is 7.38. The average Bonchev–Trinajstić information content (AvgIpc) is 2.49. The van der Waals surface area contributed by atoms with Gasteiger partial charge < -0.3 is 4.74 Å². The van der Waals surface area contributed by atoms with E-state index in [1.807, 2.05) is 32.9 Å². The van der Waals surface area contributed by atoms with Gasteiger partial charge in [0, 0.05) is 24.9 Å². The number of sulfonamides is 1. The Labute approximate surface area is 153 Å². The number of halogens is 3. The van der Waals surface area contributed by atoms with Crippen molar-refractivity contribution in [2.24, 2.45) is 0 Å². The summed E-state index contributed by atoms with van der Waals surface area (Å²) in [6.07, 6.45) is -5.18. The number of ether oxygens (including phenoxy) is 1. The number of rotatable bonds is 6. The van der Waals surface area contributed by atoms with E-state index >= 15 is 0 Å². The Balaban J connectivity index is 2.42. The van der Waals surface area contributed by atoms with Crippen molar-refractivity contribution in [2.75, 3.05) is 12.3 Å². The molecule has 4 nitrogen and oxygen atoms in total. The summed E-state index contributed by atoms with van der Waals surface area (Å²) in [5, 5.41) is 0. The third kappa shape index (κ3) is 5.13. The molecule has 0 amide bonds. The maximum atomic E-state index is 12.7. The largest absolute Gasteiger partial charge is 0.487 e. The molecule has 0 bridgehead atoms. The standard InChI is InChI=1S/C18H26F3NO3S/c1-5-26(23,24)22(10-6-9-18(19,20)21)15-12-17(3,4)25-16-8-7-13(2)11-14(15)16/h7-8,11,15H,5-6,9-10,12H2,1-4H3. The Hall–Kier alpha value is -1.28. The second-order valence-corrected chi connectivity index (χ2v) is 9.56. The fourth-order valence-electron chi connectivity index (χ4n) is 3.28. The highest BCUT2D eigenvalue weighted by molar-refractivity contribution is 7.89. The van der Waals surface area contributed by atoms with E-state index in [9.17, 15) is 21.6 Å². The van der Waals surface area contributed by atoms with E-state index in [0.29, 0.717) is 17.7 Å². The van der Waals surface area contributed by atoms with E-state index in [1.165, 1.54) is 11.2 Å². The fraction of sp³-hybridized carbons (Fsp3) is 0.667. The first-order valence-electron chi connectivity index (χ1n) is 8.70. The molecule has 0 aliphatic carbocycles. The molecule has 2 rings (SSSR count). The number of alkyl halides is 3. The van der Waals surface area contributed by atoms with Gasteiger partial charge in [0.25, 0.3) is 0 Å². The minimum absolute atomic E-state index is 0.155. The highest BCUT2D eigenvalue weighted by Gasteiger charge is 2.41. The van der Waals surface area contributed by atoms with Crippen molar-refractivity contribution in [3.63, 3.8) is 0 Å². The van der Waals surface area contributed by atoms with Gasteiger partial charge in [0.15, 0.2) is 0 Å². The SMILES string of the molecule is CCS(=O)(=O)N(CCCC(F)(F)F)C1CC(C)(C)Oc2ccc(C)cc21. The van der Waals surface area contributed by atoms with Crippen LogP contribution in [0.1, 0.15) is 57.2 Å². The van der Waals surface area contributed by atoms with Gasteiger partial charge in [0.1, 0.15) is 11.4 Å². The zero-order valence-electron chi connectivity index (χ0n) is 15.6. The lowest BCUT2D eigenvalue weighted by Crippen LogP contribution is -2.44. The molecule has 0 saturated carbocycles. The smallest absolute Gasteiger partial charge is 0.389 e. The van der Waals surface area contributed by atoms with Gasteiger partial charge in [0.2, 0.25) is 10.0 Å².